The molecule has 2 aromatic rings. The summed E-state index contributed by atoms with van der Waals surface area (Å²) in [4.78, 5) is 15.1. The van der Waals surface area contributed by atoms with E-state index >= 15 is 0 Å². The zero-order chi connectivity index (χ0) is 20.3. The highest BCUT2D eigenvalue weighted by molar-refractivity contribution is 7.93. The summed E-state index contributed by atoms with van der Waals surface area (Å²) in [6, 6.07) is 14.7. The third-order valence-corrected chi connectivity index (χ3v) is 7.43. The zero-order valence-electron chi connectivity index (χ0n) is 16.5. The number of amides is 1. The quantitative estimate of drug-likeness (QED) is 0.815. The molecule has 0 saturated carbocycles. The fourth-order valence-corrected chi connectivity index (χ4v) is 5.60. The Kier molecular flexibility index (Phi) is 5.87. The molecule has 2 aromatic carbocycles. The van der Waals surface area contributed by atoms with Crippen LogP contribution in [0.15, 0.2) is 48.5 Å². The van der Waals surface area contributed by atoms with Crippen molar-refractivity contribution in [2.24, 2.45) is 0 Å². The molecule has 29 heavy (non-hydrogen) atoms. The van der Waals surface area contributed by atoms with Gasteiger partial charge in [0, 0.05) is 24.3 Å². The second-order valence-electron chi connectivity index (χ2n) is 7.78. The fourth-order valence-electron chi connectivity index (χ4n) is 4.04. The molecule has 0 bridgehead atoms. The number of benzene rings is 2. The fraction of sp³-hybridized carbons (Fsp3) is 0.409. The van der Waals surface area contributed by atoms with Crippen LogP contribution in [-0.2, 0) is 16.6 Å². The second-order valence-corrected chi connectivity index (χ2v) is 9.79. The molecule has 6 nitrogen and oxygen atoms in total. The minimum Gasteiger partial charge on any atom is -0.322 e. The van der Waals surface area contributed by atoms with Crippen LogP contribution in [0.4, 0.5) is 11.4 Å². The minimum absolute atomic E-state index is 0.184. The smallest absolute Gasteiger partial charge is 0.255 e. The van der Waals surface area contributed by atoms with Crippen molar-refractivity contribution < 1.29 is 13.2 Å². The lowest BCUT2D eigenvalue weighted by molar-refractivity contribution is 0.102. The molecule has 0 spiro atoms. The maximum atomic E-state index is 12.6. The van der Waals surface area contributed by atoms with Crippen molar-refractivity contribution in [3.8, 4) is 0 Å². The molecule has 2 aliphatic heterocycles. The molecule has 0 atom stereocenters. The number of sulfonamides is 1. The number of carbonyl (C=O) groups excluding carboxylic acids is 1. The van der Waals surface area contributed by atoms with Crippen LogP contribution in [0.1, 0.15) is 41.6 Å². The summed E-state index contributed by atoms with van der Waals surface area (Å²) >= 11 is 0. The van der Waals surface area contributed by atoms with E-state index in [0.717, 1.165) is 25.3 Å². The first kappa shape index (κ1) is 19.9. The van der Waals surface area contributed by atoms with Gasteiger partial charge in [0.1, 0.15) is 0 Å². The van der Waals surface area contributed by atoms with E-state index in [9.17, 15) is 13.2 Å². The first-order valence-electron chi connectivity index (χ1n) is 10.2. The average Bonchev–Trinajstić information content (AvgIpc) is 3.08. The largest absolute Gasteiger partial charge is 0.322 e. The SMILES string of the molecule is O=C(Nc1cccc(CN2CCCCC2)c1)c1ccc(N2CCCS2(=O)=O)cc1. The maximum Gasteiger partial charge on any atom is 0.255 e. The lowest BCUT2D eigenvalue weighted by atomic mass is 10.1. The second kappa shape index (κ2) is 8.55. The lowest BCUT2D eigenvalue weighted by Gasteiger charge is -2.26. The van der Waals surface area contributed by atoms with Gasteiger partial charge in [0.2, 0.25) is 10.0 Å². The van der Waals surface area contributed by atoms with E-state index in [1.165, 1.54) is 29.1 Å². The molecule has 154 valence electrons. The van der Waals surface area contributed by atoms with Crippen LogP contribution in [0.5, 0.6) is 0 Å². The lowest BCUT2D eigenvalue weighted by Crippen LogP contribution is -2.29. The molecular weight excluding hydrogens is 386 g/mol. The van der Waals surface area contributed by atoms with Gasteiger partial charge < -0.3 is 5.32 Å². The third-order valence-electron chi connectivity index (χ3n) is 5.56. The molecule has 0 aliphatic carbocycles. The number of likely N-dealkylation sites (tertiary alicyclic amines) is 1. The molecule has 0 radical (unpaired) electrons. The van der Waals surface area contributed by atoms with E-state index < -0.39 is 10.0 Å². The molecular formula is C22H27N3O3S. The van der Waals surface area contributed by atoms with Crippen LogP contribution in [0, 0.1) is 0 Å². The summed E-state index contributed by atoms with van der Waals surface area (Å²) in [6.45, 7) is 3.67. The first-order chi connectivity index (χ1) is 14.0. The van der Waals surface area contributed by atoms with Gasteiger partial charge in [-0.2, -0.15) is 0 Å². The van der Waals surface area contributed by atoms with Gasteiger partial charge in [0.15, 0.2) is 0 Å². The summed E-state index contributed by atoms with van der Waals surface area (Å²) in [5, 5.41) is 2.95. The van der Waals surface area contributed by atoms with E-state index in [1.54, 1.807) is 24.3 Å². The third kappa shape index (κ3) is 4.79. The van der Waals surface area contributed by atoms with Gasteiger partial charge >= 0.3 is 0 Å². The molecule has 2 aliphatic rings. The van der Waals surface area contributed by atoms with Crippen LogP contribution in [0.25, 0.3) is 0 Å². The van der Waals surface area contributed by atoms with E-state index in [1.807, 2.05) is 18.2 Å². The maximum absolute atomic E-state index is 12.6. The van der Waals surface area contributed by atoms with Crippen molar-refractivity contribution in [2.45, 2.75) is 32.2 Å². The zero-order valence-corrected chi connectivity index (χ0v) is 17.3. The number of nitrogens with one attached hydrogen (secondary N) is 1. The van der Waals surface area contributed by atoms with Crippen molar-refractivity contribution in [2.75, 3.05) is 35.0 Å². The normalized spacial score (nSPS) is 19.2. The van der Waals surface area contributed by atoms with Crippen molar-refractivity contribution in [3.05, 3.63) is 59.7 Å². The number of hydrogen-bond acceptors (Lipinski definition) is 4. The molecule has 7 heteroatoms. The van der Waals surface area contributed by atoms with Gasteiger partial charge in [0.25, 0.3) is 5.91 Å². The molecule has 2 fully saturated rings. The van der Waals surface area contributed by atoms with Gasteiger partial charge in [-0.3, -0.25) is 14.0 Å². The van der Waals surface area contributed by atoms with Crippen molar-refractivity contribution in [3.63, 3.8) is 0 Å². The predicted octanol–water partition coefficient (Wildman–Crippen LogP) is 3.46. The number of hydrogen-bond donors (Lipinski definition) is 1. The Labute approximate surface area is 172 Å². The molecule has 2 heterocycles. The standard InChI is InChI=1S/C22H27N3O3S/c26-22(19-8-10-21(11-9-19)25-14-5-15-29(25,27)28)23-20-7-4-6-18(16-20)17-24-12-2-1-3-13-24/h4,6-11,16H,1-3,5,12-15,17H2,(H,23,26). The Balaban J connectivity index is 1.40. The summed E-state index contributed by atoms with van der Waals surface area (Å²) in [5.41, 5.74) is 3.09. The van der Waals surface area contributed by atoms with Crippen molar-refractivity contribution in [1.29, 1.82) is 0 Å². The number of rotatable bonds is 5. The highest BCUT2D eigenvalue weighted by Gasteiger charge is 2.28. The van der Waals surface area contributed by atoms with Crippen molar-refractivity contribution in [1.82, 2.24) is 4.90 Å². The summed E-state index contributed by atoms with van der Waals surface area (Å²) in [7, 11) is -3.21. The summed E-state index contributed by atoms with van der Waals surface area (Å²) in [6.07, 6.45) is 4.46. The highest BCUT2D eigenvalue weighted by atomic mass is 32.2. The first-order valence-corrected chi connectivity index (χ1v) is 11.9. The predicted molar refractivity (Wildman–Crippen MR) is 116 cm³/mol. The Morgan fingerprint density at radius 3 is 2.38 bits per heavy atom. The molecule has 1 amide bonds. The van der Waals surface area contributed by atoms with E-state index in [4.69, 9.17) is 0 Å². The average molecular weight is 414 g/mol. The molecule has 1 N–H and O–H groups in total. The van der Waals surface area contributed by atoms with E-state index in [0.29, 0.717) is 24.2 Å². The number of piperidine rings is 1. The van der Waals surface area contributed by atoms with Crippen LogP contribution in [0.3, 0.4) is 0 Å². The van der Waals surface area contributed by atoms with Crippen molar-refractivity contribution >= 4 is 27.3 Å². The molecule has 4 rings (SSSR count). The Bertz CT molecular complexity index is 967. The van der Waals surface area contributed by atoms with Gasteiger partial charge in [-0.1, -0.05) is 18.6 Å². The summed E-state index contributed by atoms with van der Waals surface area (Å²) < 4.78 is 25.5. The van der Waals surface area contributed by atoms with Gasteiger partial charge in [-0.25, -0.2) is 8.42 Å². The molecule has 0 unspecified atom stereocenters. The van der Waals surface area contributed by atoms with Crippen LogP contribution in [0.2, 0.25) is 0 Å². The Morgan fingerprint density at radius 1 is 0.931 bits per heavy atom. The van der Waals surface area contributed by atoms with Gasteiger partial charge in [-0.05, 0) is 74.3 Å². The number of anilines is 2. The minimum atomic E-state index is -3.21. The van der Waals surface area contributed by atoms with E-state index in [-0.39, 0.29) is 11.7 Å². The van der Waals surface area contributed by atoms with Crippen LogP contribution >= 0.6 is 0 Å². The van der Waals surface area contributed by atoms with Gasteiger partial charge in [0.05, 0.1) is 11.4 Å². The van der Waals surface area contributed by atoms with E-state index in [2.05, 4.69) is 16.3 Å². The summed E-state index contributed by atoms with van der Waals surface area (Å²) in [5.74, 6) is -0.0147. The topological polar surface area (TPSA) is 69.7 Å². The Morgan fingerprint density at radius 2 is 1.69 bits per heavy atom. The Hall–Kier alpha value is -2.38. The monoisotopic (exact) mass is 413 g/mol. The van der Waals surface area contributed by atoms with Crippen LogP contribution < -0.4 is 9.62 Å². The molecule has 0 aromatic heterocycles. The van der Waals surface area contributed by atoms with Crippen LogP contribution in [-0.4, -0.2) is 44.6 Å². The number of carbonyl (C=O) groups is 1. The van der Waals surface area contributed by atoms with Gasteiger partial charge in [-0.15, -0.1) is 0 Å². The highest BCUT2D eigenvalue weighted by Crippen LogP contribution is 2.24. The molecule has 2 saturated heterocycles. The number of nitrogens with zero attached hydrogens (tertiary/aromatic N) is 2.